The van der Waals surface area contributed by atoms with Crippen molar-refractivity contribution in [3.05, 3.63) is 76.4 Å². The summed E-state index contributed by atoms with van der Waals surface area (Å²) in [6.45, 7) is -0.149. The number of halogens is 4. The van der Waals surface area contributed by atoms with Crippen LogP contribution in [0.2, 0.25) is 5.02 Å². The number of nitrogens with zero attached hydrogens (tertiary/aromatic N) is 4. The molecule has 0 radical (unpaired) electrons. The molecule has 2 aromatic carbocycles. The largest absolute Gasteiger partial charge is 0.490 e. The minimum atomic E-state index is -5.13. The number of ether oxygens (including phenoxy) is 2. The third-order valence-corrected chi connectivity index (χ3v) is 8.10. The highest BCUT2D eigenvalue weighted by Gasteiger charge is 2.67. The fourth-order valence-corrected chi connectivity index (χ4v) is 5.43. The first-order valence-electron chi connectivity index (χ1n) is 11.3. The van der Waals surface area contributed by atoms with Gasteiger partial charge in [-0.3, -0.25) is 9.59 Å². The molecule has 1 aliphatic rings. The molecule has 15 heteroatoms. The first-order valence-corrected chi connectivity index (χ1v) is 13.0. The number of carbonyl (C=O) groups excluding carboxylic acids is 2. The minimum Gasteiger partial charge on any atom is -0.490 e. The molecule has 3 aromatic rings. The molecule has 1 saturated heterocycles. The van der Waals surface area contributed by atoms with Crippen LogP contribution in [0.5, 0.6) is 11.6 Å². The second-order valence-electron chi connectivity index (χ2n) is 8.58. The van der Waals surface area contributed by atoms with Crippen molar-refractivity contribution in [2.75, 3.05) is 21.2 Å². The van der Waals surface area contributed by atoms with Crippen molar-refractivity contribution in [2.24, 2.45) is 5.92 Å². The molecule has 1 aromatic heterocycles. The molecule has 0 saturated carbocycles. The summed E-state index contributed by atoms with van der Waals surface area (Å²) in [7, 11) is -1.46. The molecule has 2 heterocycles. The lowest BCUT2D eigenvalue weighted by atomic mass is 9.87. The average Bonchev–Trinajstić information content (AvgIpc) is 3.22. The maximum atomic E-state index is 14.0. The lowest BCUT2D eigenvalue weighted by Crippen LogP contribution is -2.64. The monoisotopic (exact) mass is 586 g/mol. The Morgan fingerprint density at radius 3 is 2.28 bits per heavy atom. The van der Waals surface area contributed by atoms with Gasteiger partial charge in [-0.2, -0.15) is 35.7 Å². The molecule has 0 bridgehead atoms. The minimum absolute atomic E-state index is 0.0244. The average molecular weight is 587 g/mol. The number of hydrogen-bond donors (Lipinski definition) is 0. The summed E-state index contributed by atoms with van der Waals surface area (Å²) in [5.41, 5.74) is -0.0496. The van der Waals surface area contributed by atoms with E-state index in [0.29, 0.717) is 14.6 Å². The third kappa shape index (κ3) is 5.06. The van der Waals surface area contributed by atoms with Crippen LogP contribution in [0.25, 0.3) is 0 Å². The van der Waals surface area contributed by atoms with E-state index in [0.717, 1.165) is 21.2 Å². The molecule has 2 atom stereocenters. The van der Waals surface area contributed by atoms with E-state index in [2.05, 4.69) is 5.10 Å². The molecule has 4 rings (SSSR count). The number of methoxy groups -OCH3 is 1. The number of rotatable bonds is 8. The van der Waals surface area contributed by atoms with Gasteiger partial charge in [-0.25, -0.2) is 4.31 Å². The van der Waals surface area contributed by atoms with Gasteiger partial charge in [0.2, 0.25) is 5.75 Å². The van der Waals surface area contributed by atoms with Crippen LogP contribution in [-0.2, 0) is 21.6 Å². The lowest BCUT2D eigenvalue weighted by Gasteiger charge is -2.45. The molecule has 1 fully saturated rings. The van der Waals surface area contributed by atoms with E-state index >= 15 is 0 Å². The SMILES string of the molecule is COc1c(C2C(C(F)(F)F)C(=O)N2S(=O)(=O)N(C)C)nn(C(=O)c2ccccc2Cl)c1OCc1ccccc1. The second-order valence-corrected chi connectivity index (χ2v) is 11.0. The van der Waals surface area contributed by atoms with Gasteiger partial charge in [0.1, 0.15) is 18.3 Å². The van der Waals surface area contributed by atoms with Crippen LogP contribution in [0.15, 0.2) is 54.6 Å². The normalized spacial score (nSPS) is 17.7. The molecule has 0 spiro atoms. The summed E-state index contributed by atoms with van der Waals surface area (Å²) in [4.78, 5) is 26.0. The fourth-order valence-electron chi connectivity index (χ4n) is 4.01. The Morgan fingerprint density at radius 1 is 1.10 bits per heavy atom. The van der Waals surface area contributed by atoms with Crippen LogP contribution >= 0.6 is 11.6 Å². The maximum Gasteiger partial charge on any atom is 0.402 e. The predicted octanol–water partition coefficient (Wildman–Crippen LogP) is 3.68. The summed E-state index contributed by atoms with van der Waals surface area (Å²) in [6, 6.07) is 12.3. The molecule has 1 amide bonds. The molecule has 0 aliphatic carbocycles. The standard InChI is InChI=1S/C24H22ClF3N4O6S/c1-30(2)39(35,36)32-19(17(22(32)34)24(26,27)28)18-20(37-3)23(38-13-14-9-5-4-6-10-14)31(29-18)21(33)15-11-7-8-12-16(15)25/h4-12,17,19H,13H2,1-3H3. The van der Waals surface area contributed by atoms with E-state index in [-0.39, 0.29) is 21.5 Å². The molecule has 208 valence electrons. The summed E-state index contributed by atoms with van der Waals surface area (Å²) in [5.74, 6) is -6.19. The smallest absolute Gasteiger partial charge is 0.402 e. The zero-order valence-electron chi connectivity index (χ0n) is 20.7. The Morgan fingerprint density at radius 2 is 1.72 bits per heavy atom. The highest BCUT2D eigenvalue weighted by Crippen LogP contribution is 2.53. The third-order valence-electron chi connectivity index (χ3n) is 5.94. The van der Waals surface area contributed by atoms with Crippen LogP contribution in [-0.4, -0.2) is 66.0 Å². The Hall–Kier alpha value is -3.62. The van der Waals surface area contributed by atoms with Gasteiger partial charge >= 0.3 is 16.4 Å². The van der Waals surface area contributed by atoms with E-state index in [1.165, 1.54) is 18.2 Å². The van der Waals surface area contributed by atoms with Crippen molar-refractivity contribution < 1.29 is 40.7 Å². The van der Waals surface area contributed by atoms with Crippen LogP contribution < -0.4 is 9.47 Å². The van der Waals surface area contributed by atoms with Crippen LogP contribution in [0.3, 0.4) is 0 Å². The zero-order valence-corrected chi connectivity index (χ0v) is 22.3. The van der Waals surface area contributed by atoms with Gasteiger partial charge in [-0.15, -0.1) is 0 Å². The van der Waals surface area contributed by atoms with Crippen LogP contribution in [0.4, 0.5) is 13.2 Å². The van der Waals surface area contributed by atoms with Crippen molar-refractivity contribution in [1.29, 1.82) is 0 Å². The first kappa shape index (κ1) is 28.4. The van der Waals surface area contributed by atoms with Crippen molar-refractivity contribution in [3.8, 4) is 11.6 Å². The van der Waals surface area contributed by atoms with Gasteiger partial charge in [0.05, 0.1) is 17.7 Å². The summed E-state index contributed by atoms with van der Waals surface area (Å²) in [5, 5.41) is 4.06. The molecule has 0 N–H and O–H groups in total. The molecule has 10 nitrogen and oxygen atoms in total. The maximum absolute atomic E-state index is 14.0. The van der Waals surface area contributed by atoms with Crippen LogP contribution in [0, 0.1) is 5.92 Å². The Bertz CT molecular complexity index is 1510. The fraction of sp³-hybridized carbons (Fsp3) is 0.292. The van der Waals surface area contributed by atoms with E-state index in [1.807, 2.05) is 0 Å². The van der Waals surface area contributed by atoms with E-state index in [1.54, 1.807) is 36.4 Å². The number of hydrogen-bond acceptors (Lipinski definition) is 7. The number of amides is 1. The number of carbonyl (C=O) groups is 2. The molecular weight excluding hydrogens is 565 g/mol. The number of aromatic nitrogens is 2. The Labute approximate surface area is 226 Å². The van der Waals surface area contributed by atoms with E-state index in [4.69, 9.17) is 21.1 Å². The second kappa shape index (κ2) is 10.5. The Balaban J connectivity index is 1.91. The molecule has 1 aliphatic heterocycles. The van der Waals surface area contributed by atoms with Crippen molar-refractivity contribution in [3.63, 3.8) is 0 Å². The van der Waals surface area contributed by atoms with Crippen molar-refractivity contribution in [1.82, 2.24) is 18.4 Å². The Kier molecular flexibility index (Phi) is 7.65. The molecule has 39 heavy (non-hydrogen) atoms. The van der Waals surface area contributed by atoms with Gasteiger partial charge in [-0.05, 0) is 17.7 Å². The number of β-lactam (4-membered cyclic amide) rings is 1. The topological polar surface area (TPSA) is 111 Å². The first-order chi connectivity index (χ1) is 18.3. The zero-order chi connectivity index (χ0) is 28.7. The molecular formula is C24H22ClF3N4O6S. The lowest BCUT2D eigenvalue weighted by molar-refractivity contribution is -0.219. The summed E-state index contributed by atoms with van der Waals surface area (Å²) >= 11 is 6.18. The van der Waals surface area contributed by atoms with Crippen molar-refractivity contribution >= 4 is 33.6 Å². The van der Waals surface area contributed by atoms with Gasteiger partial charge in [0.25, 0.3) is 17.7 Å². The van der Waals surface area contributed by atoms with E-state index < -0.39 is 57.5 Å². The van der Waals surface area contributed by atoms with Gasteiger partial charge < -0.3 is 9.47 Å². The molecule has 2 unspecified atom stereocenters. The van der Waals surface area contributed by atoms with Crippen molar-refractivity contribution in [2.45, 2.75) is 18.8 Å². The summed E-state index contributed by atoms with van der Waals surface area (Å²) < 4.78 is 80.1. The van der Waals surface area contributed by atoms with E-state index in [9.17, 15) is 31.2 Å². The highest BCUT2D eigenvalue weighted by molar-refractivity contribution is 7.87. The summed E-state index contributed by atoms with van der Waals surface area (Å²) in [6.07, 6.45) is -5.13. The van der Waals surface area contributed by atoms with Gasteiger partial charge in [0.15, 0.2) is 5.92 Å². The predicted molar refractivity (Wildman–Crippen MR) is 132 cm³/mol. The quantitative estimate of drug-likeness (QED) is 0.370. The van der Waals surface area contributed by atoms with Gasteiger partial charge in [0, 0.05) is 14.1 Å². The number of benzene rings is 2. The van der Waals surface area contributed by atoms with Crippen LogP contribution in [0.1, 0.15) is 27.7 Å². The van der Waals surface area contributed by atoms with Gasteiger partial charge in [-0.1, -0.05) is 54.1 Å². The number of alkyl halides is 3. The highest BCUT2D eigenvalue weighted by atomic mass is 35.5.